The number of ether oxygens (including phenoxy) is 1. The van der Waals surface area contributed by atoms with Crippen molar-refractivity contribution in [2.75, 3.05) is 17.2 Å². The fraction of sp³-hybridized carbons (Fsp3) is 0.167. The van der Waals surface area contributed by atoms with E-state index < -0.39 is 24.3 Å². The Balaban J connectivity index is 1.86. The van der Waals surface area contributed by atoms with Crippen LogP contribution in [0, 0.1) is 12.7 Å². The van der Waals surface area contributed by atoms with Gasteiger partial charge < -0.3 is 15.4 Å². The van der Waals surface area contributed by atoms with Gasteiger partial charge in [-0.3, -0.25) is 9.59 Å². The Kier molecular flexibility index (Phi) is 5.84. The summed E-state index contributed by atoms with van der Waals surface area (Å²) in [7, 11) is 0. The molecule has 0 aliphatic heterocycles. The second-order valence-electron chi connectivity index (χ2n) is 5.35. The highest BCUT2D eigenvalue weighted by Crippen LogP contribution is 2.14. The van der Waals surface area contributed by atoms with E-state index >= 15 is 0 Å². The fourth-order valence-corrected chi connectivity index (χ4v) is 1.97. The quantitative estimate of drug-likeness (QED) is 0.817. The Morgan fingerprint density at radius 3 is 2.16 bits per heavy atom. The second kappa shape index (κ2) is 8.05. The van der Waals surface area contributed by atoms with Crippen molar-refractivity contribution in [2.45, 2.75) is 13.8 Å². The summed E-state index contributed by atoms with van der Waals surface area (Å²) >= 11 is 0. The number of carbonyl (C=O) groups is 3. The largest absolute Gasteiger partial charge is 0.452 e. The van der Waals surface area contributed by atoms with E-state index in [0.717, 1.165) is 6.07 Å². The van der Waals surface area contributed by atoms with Crippen molar-refractivity contribution >= 4 is 29.2 Å². The van der Waals surface area contributed by atoms with E-state index in [-0.39, 0.29) is 11.5 Å². The third kappa shape index (κ3) is 5.42. The molecule has 0 heterocycles. The highest BCUT2D eigenvalue weighted by molar-refractivity contribution is 5.96. The number of amides is 2. The number of esters is 1. The Morgan fingerprint density at radius 1 is 1.00 bits per heavy atom. The first kappa shape index (κ1) is 18.1. The van der Waals surface area contributed by atoms with E-state index in [1.807, 2.05) is 0 Å². The molecule has 0 aliphatic carbocycles. The molecule has 0 radical (unpaired) electrons. The standard InChI is InChI=1S/C18H17FN2O4/c1-11-3-4-13(9-16(11)19)18(24)25-10-17(23)21-15-7-5-14(6-8-15)20-12(2)22/h3-9H,10H2,1-2H3,(H,20,22)(H,21,23). The predicted octanol–water partition coefficient (Wildman–Crippen LogP) is 2.89. The van der Waals surface area contributed by atoms with Gasteiger partial charge in [-0.1, -0.05) is 6.07 Å². The molecule has 0 spiro atoms. The van der Waals surface area contributed by atoms with Crippen molar-refractivity contribution in [3.63, 3.8) is 0 Å². The van der Waals surface area contributed by atoms with E-state index in [0.29, 0.717) is 16.9 Å². The summed E-state index contributed by atoms with van der Waals surface area (Å²) in [6.07, 6.45) is 0. The van der Waals surface area contributed by atoms with E-state index in [2.05, 4.69) is 10.6 Å². The summed E-state index contributed by atoms with van der Waals surface area (Å²) in [5.41, 5.74) is 1.53. The first-order chi connectivity index (χ1) is 11.8. The molecule has 25 heavy (non-hydrogen) atoms. The Morgan fingerprint density at radius 2 is 1.60 bits per heavy atom. The lowest BCUT2D eigenvalue weighted by molar-refractivity contribution is -0.119. The summed E-state index contributed by atoms with van der Waals surface area (Å²) < 4.78 is 18.3. The number of hydrogen-bond acceptors (Lipinski definition) is 4. The van der Waals surface area contributed by atoms with Crippen molar-refractivity contribution in [3.05, 3.63) is 59.4 Å². The second-order valence-corrected chi connectivity index (χ2v) is 5.35. The van der Waals surface area contributed by atoms with Crippen molar-refractivity contribution in [1.29, 1.82) is 0 Å². The van der Waals surface area contributed by atoms with E-state index in [1.165, 1.54) is 19.1 Å². The molecule has 0 atom stereocenters. The smallest absolute Gasteiger partial charge is 0.338 e. The zero-order valence-electron chi connectivity index (χ0n) is 13.8. The maximum atomic E-state index is 13.4. The summed E-state index contributed by atoms with van der Waals surface area (Å²) in [5.74, 6) is -2.03. The number of rotatable bonds is 5. The van der Waals surface area contributed by atoms with Crippen LogP contribution in [0.3, 0.4) is 0 Å². The molecule has 0 saturated heterocycles. The molecule has 0 aliphatic rings. The molecule has 0 saturated carbocycles. The lowest BCUT2D eigenvalue weighted by Crippen LogP contribution is -2.21. The van der Waals surface area contributed by atoms with E-state index in [9.17, 15) is 18.8 Å². The lowest BCUT2D eigenvalue weighted by Gasteiger charge is -2.08. The summed E-state index contributed by atoms with van der Waals surface area (Å²) in [6.45, 7) is 2.47. The van der Waals surface area contributed by atoms with Gasteiger partial charge in [0, 0.05) is 18.3 Å². The van der Waals surface area contributed by atoms with Gasteiger partial charge in [0.2, 0.25) is 5.91 Å². The van der Waals surface area contributed by atoms with Gasteiger partial charge in [0.25, 0.3) is 5.91 Å². The average Bonchev–Trinajstić information content (AvgIpc) is 2.56. The Bertz CT molecular complexity index is 803. The van der Waals surface area contributed by atoms with Crippen molar-refractivity contribution in [2.24, 2.45) is 0 Å². The maximum absolute atomic E-state index is 13.4. The number of aryl methyl sites for hydroxylation is 1. The van der Waals surface area contributed by atoms with Crippen LogP contribution < -0.4 is 10.6 Å². The van der Waals surface area contributed by atoms with Crippen LogP contribution in [0.25, 0.3) is 0 Å². The van der Waals surface area contributed by atoms with Gasteiger partial charge in [-0.2, -0.15) is 0 Å². The van der Waals surface area contributed by atoms with Gasteiger partial charge in [0.1, 0.15) is 5.82 Å². The zero-order valence-corrected chi connectivity index (χ0v) is 13.8. The predicted molar refractivity (Wildman–Crippen MR) is 90.8 cm³/mol. The van der Waals surface area contributed by atoms with Crippen LogP contribution in [0.5, 0.6) is 0 Å². The van der Waals surface area contributed by atoms with Crippen molar-refractivity contribution in [3.8, 4) is 0 Å². The first-order valence-corrected chi connectivity index (χ1v) is 7.46. The average molecular weight is 344 g/mol. The molecule has 0 fully saturated rings. The molecule has 7 heteroatoms. The number of carbonyl (C=O) groups excluding carboxylic acids is 3. The monoisotopic (exact) mass is 344 g/mol. The molecular weight excluding hydrogens is 327 g/mol. The molecule has 130 valence electrons. The van der Waals surface area contributed by atoms with Crippen molar-refractivity contribution in [1.82, 2.24) is 0 Å². The molecule has 2 aromatic rings. The Labute approximate surface area is 144 Å². The van der Waals surface area contributed by atoms with Crippen LogP contribution in [-0.2, 0) is 14.3 Å². The minimum absolute atomic E-state index is 0.0376. The van der Waals surface area contributed by atoms with Gasteiger partial charge >= 0.3 is 5.97 Å². The van der Waals surface area contributed by atoms with Crippen LogP contribution in [0.1, 0.15) is 22.8 Å². The summed E-state index contributed by atoms with van der Waals surface area (Å²) in [4.78, 5) is 34.5. The van der Waals surface area contributed by atoms with Crippen LogP contribution in [0.4, 0.5) is 15.8 Å². The number of nitrogens with one attached hydrogen (secondary N) is 2. The fourth-order valence-electron chi connectivity index (χ4n) is 1.97. The van der Waals surface area contributed by atoms with Gasteiger partial charge in [-0.05, 0) is 48.9 Å². The molecule has 0 aromatic heterocycles. The zero-order chi connectivity index (χ0) is 18.4. The third-order valence-electron chi connectivity index (χ3n) is 3.23. The van der Waals surface area contributed by atoms with Crippen LogP contribution in [0.2, 0.25) is 0 Å². The van der Waals surface area contributed by atoms with E-state index in [4.69, 9.17) is 4.74 Å². The van der Waals surface area contributed by atoms with Gasteiger partial charge in [0.15, 0.2) is 6.61 Å². The van der Waals surface area contributed by atoms with Crippen LogP contribution in [0.15, 0.2) is 42.5 Å². The van der Waals surface area contributed by atoms with Gasteiger partial charge in [0.05, 0.1) is 5.56 Å². The highest BCUT2D eigenvalue weighted by atomic mass is 19.1. The molecule has 2 aromatic carbocycles. The third-order valence-corrected chi connectivity index (χ3v) is 3.23. The maximum Gasteiger partial charge on any atom is 0.338 e. The van der Waals surface area contributed by atoms with Crippen LogP contribution >= 0.6 is 0 Å². The molecule has 2 amide bonds. The van der Waals surface area contributed by atoms with Gasteiger partial charge in [-0.25, -0.2) is 9.18 Å². The van der Waals surface area contributed by atoms with E-state index in [1.54, 1.807) is 31.2 Å². The molecule has 2 N–H and O–H groups in total. The minimum Gasteiger partial charge on any atom is -0.452 e. The Hall–Kier alpha value is -3.22. The molecule has 0 unspecified atom stereocenters. The minimum atomic E-state index is -0.782. The normalized spacial score (nSPS) is 10.0. The molecular formula is C18H17FN2O4. The summed E-state index contributed by atoms with van der Waals surface area (Å²) in [5, 5.41) is 5.15. The number of anilines is 2. The number of benzene rings is 2. The SMILES string of the molecule is CC(=O)Nc1ccc(NC(=O)COC(=O)c2ccc(C)c(F)c2)cc1. The molecule has 0 bridgehead atoms. The lowest BCUT2D eigenvalue weighted by atomic mass is 10.1. The highest BCUT2D eigenvalue weighted by Gasteiger charge is 2.12. The number of hydrogen-bond donors (Lipinski definition) is 2. The van der Waals surface area contributed by atoms with Crippen molar-refractivity contribution < 1.29 is 23.5 Å². The number of halogens is 1. The first-order valence-electron chi connectivity index (χ1n) is 7.46. The van der Waals surface area contributed by atoms with Crippen LogP contribution in [-0.4, -0.2) is 24.4 Å². The van der Waals surface area contributed by atoms with Gasteiger partial charge in [-0.15, -0.1) is 0 Å². The molecule has 2 rings (SSSR count). The topological polar surface area (TPSA) is 84.5 Å². The summed E-state index contributed by atoms with van der Waals surface area (Å²) in [6, 6.07) is 10.4. The molecule has 6 nitrogen and oxygen atoms in total.